The lowest BCUT2D eigenvalue weighted by molar-refractivity contribution is 0.0668. The lowest BCUT2D eigenvalue weighted by Gasteiger charge is -2.34. The minimum Gasteiger partial charge on any atom is -0.398 e. The standard InChI is InChI=1S/C15H21ClN2O/c1-10(2)11-5-7-18(8-6-11)15(19)12-3-4-13(16)14(17)9-12/h3-4,9-11H,5-8,17H2,1-2H3. The first-order valence-electron chi connectivity index (χ1n) is 6.83. The number of benzene rings is 1. The number of nitrogens with zero attached hydrogens (tertiary/aromatic N) is 1. The highest BCUT2D eigenvalue weighted by atomic mass is 35.5. The fourth-order valence-corrected chi connectivity index (χ4v) is 2.75. The van der Waals surface area contributed by atoms with Crippen LogP contribution >= 0.6 is 11.6 Å². The molecule has 0 radical (unpaired) electrons. The highest BCUT2D eigenvalue weighted by Gasteiger charge is 2.25. The molecule has 0 saturated carbocycles. The van der Waals surface area contributed by atoms with Gasteiger partial charge < -0.3 is 10.6 Å². The Labute approximate surface area is 119 Å². The summed E-state index contributed by atoms with van der Waals surface area (Å²) in [7, 11) is 0. The molecule has 0 atom stereocenters. The maximum atomic E-state index is 12.4. The molecule has 1 aliphatic heterocycles. The number of carbonyl (C=O) groups excluding carboxylic acids is 1. The van der Waals surface area contributed by atoms with Crippen LogP contribution in [0.5, 0.6) is 0 Å². The van der Waals surface area contributed by atoms with Gasteiger partial charge in [0.1, 0.15) is 0 Å². The van der Waals surface area contributed by atoms with Gasteiger partial charge >= 0.3 is 0 Å². The van der Waals surface area contributed by atoms with E-state index in [4.69, 9.17) is 17.3 Å². The molecule has 0 unspecified atom stereocenters. The van der Waals surface area contributed by atoms with Crippen molar-refractivity contribution in [1.29, 1.82) is 0 Å². The van der Waals surface area contributed by atoms with Crippen molar-refractivity contribution >= 4 is 23.2 Å². The topological polar surface area (TPSA) is 46.3 Å². The number of rotatable bonds is 2. The van der Waals surface area contributed by atoms with Crippen LogP contribution in [0.25, 0.3) is 0 Å². The quantitative estimate of drug-likeness (QED) is 0.844. The summed E-state index contributed by atoms with van der Waals surface area (Å²) in [6.45, 7) is 6.18. The minimum atomic E-state index is 0.0607. The number of nitrogens with two attached hydrogens (primary N) is 1. The molecule has 0 aromatic heterocycles. The zero-order valence-corrected chi connectivity index (χ0v) is 12.3. The Hall–Kier alpha value is -1.22. The van der Waals surface area contributed by atoms with Crippen LogP contribution in [0.4, 0.5) is 5.69 Å². The van der Waals surface area contributed by atoms with E-state index < -0.39 is 0 Å². The van der Waals surface area contributed by atoms with E-state index in [1.54, 1.807) is 18.2 Å². The average Bonchev–Trinajstić information content (AvgIpc) is 2.41. The molecule has 1 fully saturated rings. The summed E-state index contributed by atoms with van der Waals surface area (Å²) in [6.07, 6.45) is 2.18. The van der Waals surface area contributed by atoms with Crippen molar-refractivity contribution < 1.29 is 4.79 Å². The predicted octanol–water partition coefficient (Wildman–Crippen LogP) is 3.43. The molecule has 1 aromatic rings. The Morgan fingerprint density at radius 2 is 2.00 bits per heavy atom. The van der Waals surface area contributed by atoms with E-state index in [2.05, 4.69) is 13.8 Å². The molecule has 1 saturated heterocycles. The monoisotopic (exact) mass is 280 g/mol. The molecular weight excluding hydrogens is 260 g/mol. The van der Waals surface area contributed by atoms with Crippen LogP contribution in [0.1, 0.15) is 37.0 Å². The molecule has 104 valence electrons. The van der Waals surface area contributed by atoms with Gasteiger partial charge in [-0.25, -0.2) is 0 Å². The van der Waals surface area contributed by atoms with Crippen molar-refractivity contribution in [3.05, 3.63) is 28.8 Å². The van der Waals surface area contributed by atoms with E-state index in [1.807, 2.05) is 4.90 Å². The van der Waals surface area contributed by atoms with E-state index >= 15 is 0 Å². The normalized spacial score (nSPS) is 16.9. The highest BCUT2D eigenvalue weighted by Crippen LogP contribution is 2.26. The number of hydrogen-bond donors (Lipinski definition) is 1. The molecule has 2 rings (SSSR count). The van der Waals surface area contributed by atoms with Gasteiger partial charge in [-0.05, 0) is 42.9 Å². The first-order valence-corrected chi connectivity index (χ1v) is 7.21. The summed E-state index contributed by atoms with van der Waals surface area (Å²) in [6, 6.07) is 5.10. The molecule has 2 N–H and O–H groups in total. The van der Waals surface area contributed by atoms with Gasteiger partial charge in [0.25, 0.3) is 5.91 Å². The maximum absolute atomic E-state index is 12.4. The lowest BCUT2D eigenvalue weighted by Crippen LogP contribution is -2.39. The second-order valence-electron chi connectivity index (χ2n) is 5.61. The number of anilines is 1. The van der Waals surface area contributed by atoms with Gasteiger partial charge in [-0.2, -0.15) is 0 Å². The molecule has 0 spiro atoms. The highest BCUT2D eigenvalue weighted by molar-refractivity contribution is 6.33. The van der Waals surface area contributed by atoms with Crippen LogP contribution in [0.3, 0.4) is 0 Å². The van der Waals surface area contributed by atoms with Crippen LogP contribution < -0.4 is 5.73 Å². The molecule has 4 heteroatoms. The maximum Gasteiger partial charge on any atom is 0.253 e. The van der Waals surface area contributed by atoms with Crippen molar-refractivity contribution in [3.8, 4) is 0 Å². The van der Waals surface area contributed by atoms with Crippen LogP contribution in [0.15, 0.2) is 18.2 Å². The Bertz CT molecular complexity index is 465. The Morgan fingerprint density at radius 1 is 1.37 bits per heavy atom. The van der Waals surface area contributed by atoms with Gasteiger partial charge in [-0.1, -0.05) is 25.4 Å². The molecular formula is C15H21ClN2O. The number of carbonyl (C=O) groups is 1. The van der Waals surface area contributed by atoms with E-state index in [0.717, 1.165) is 31.8 Å². The third kappa shape index (κ3) is 3.21. The number of hydrogen-bond acceptors (Lipinski definition) is 2. The van der Waals surface area contributed by atoms with Gasteiger partial charge in [-0.3, -0.25) is 4.79 Å². The van der Waals surface area contributed by atoms with Gasteiger partial charge in [0.05, 0.1) is 10.7 Å². The lowest BCUT2D eigenvalue weighted by atomic mass is 9.86. The van der Waals surface area contributed by atoms with E-state index in [1.165, 1.54) is 0 Å². The van der Waals surface area contributed by atoms with Gasteiger partial charge in [0.2, 0.25) is 0 Å². The molecule has 19 heavy (non-hydrogen) atoms. The van der Waals surface area contributed by atoms with E-state index in [9.17, 15) is 4.79 Å². The van der Waals surface area contributed by atoms with Crippen LogP contribution in [0, 0.1) is 11.8 Å². The number of halogens is 1. The van der Waals surface area contributed by atoms with Crippen molar-refractivity contribution in [2.24, 2.45) is 11.8 Å². The number of amides is 1. The molecule has 0 bridgehead atoms. The van der Waals surface area contributed by atoms with Crippen molar-refractivity contribution in [1.82, 2.24) is 4.90 Å². The number of piperidine rings is 1. The zero-order valence-electron chi connectivity index (χ0n) is 11.5. The summed E-state index contributed by atoms with van der Waals surface area (Å²) in [5.41, 5.74) is 6.84. The summed E-state index contributed by atoms with van der Waals surface area (Å²) in [5, 5.41) is 0.495. The summed E-state index contributed by atoms with van der Waals surface area (Å²) in [4.78, 5) is 14.3. The summed E-state index contributed by atoms with van der Waals surface area (Å²) in [5.74, 6) is 1.49. The van der Waals surface area contributed by atoms with Crippen LogP contribution in [0.2, 0.25) is 5.02 Å². The van der Waals surface area contributed by atoms with Crippen molar-refractivity contribution in [3.63, 3.8) is 0 Å². The largest absolute Gasteiger partial charge is 0.398 e. The molecule has 1 aliphatic rings. The average molecular weight is 281 g/mol. The SMILES string of the molecule is CC(C)C1CCN(C(=O)c2ccc(Cl)c(N)c2)CC1. The third-order valence-corrected chi connectivity index (χ3v) is 4.36. The Balaban J connectivity index is 2.03. The summed E-state index contributed by atoms with van der Waals surface area (Å²) >= 11 is 5.88. The van der Waals surface area contributed by atoms with Crippen molar-refractivity contribution in [2.45, 2.75) is 26.7 Å². The van der Waals surface area contributed by atoms with E-state index in [-0.39, 0.29) is 5.91 Å². The molecule has 1 heterocycles. The second-order valence-corrected chi connectivity index (χ2v) is 6.02. The molecule has 3 nitrogen and oxygen atoms in total. The first kappa shape index (κ1) is 14.2. The smallest absolute Gasteiger partial charge is 0.253 e. The zero-order chi connectivity index (χ0) is 14.0. The Morgan fingerprint density at radius 3 is 2.53 bits per heavy atom. The second kappa shape index (κ2) is 5.83. The summed E-state index contributed by atoms with van der Waals surface area (Å²) < 4.78 is 0. The van der Waals surface area contributed by atoms with Gasteiger partial charge in [-0.15, -0.1) is 0 Å². The van der Waals surface area contributed by atoms with Gasteiger partial charge in [0, 0.05) is 18.7 Å². The fourth-order valence-electron chi connectivity index (χ4n) is 2.63. The number of likely N-dealkylation sites (tertiary alicyclic amines) is 1. The van der Waals surface area contributed by atoms with Crippen LogP contribution in [-0.4, -0.2) is 23.9 Å². The minimum absolute atomic E-state index is 0.0607. The third-order valence-electron chi connectivity index (χ3n) is 4.01. The Kier molecular flexibility index (Phi) is 4.35. The fraction of sp³-hybridized carbons (Fsp3) is 0.533. The number of nitrogen functional groups attached to an aromatic ring is 1. The molecule has 1 aromatic carbocycles. The van der Waals surface area contributed by atoms with Crippen LogP contribution in [-0.2, 0) is 0 Å². The predicted molar refractivity (Wildman–Crippen MR) is 79.3 cm³/mol. The molecule has 0 aliphatic carbocycles. The first-order chi connectivity index (χ1) is 8.99. The van der Waals surface area contributed by atoms with Crippen molar-refractivity contribution in [2.75, 3.05) is 18.8 Å². The molecule has 1 amide bonds. The van der Waals surface area contributed by atoms with Gasteiger partial charge in [0.15, 0.2) is 0 Å². The van der Waals surface area contributed by atoms with E-state index in [0.29, 0.717) is 22.2 Å².